The van der Waals surface area contributed by atoms with Gasteiger partial charge in [0.2, 0.25) is 17.7 Å². The van der Waals surface area contributed by atoms with Crippen molar-refractivity contribution in [2.45, 2.75) is 44.9 Å². The van der Waals surface area contributed by atoms with E-state index in [2.05, 4.69) is 5.32 Å². The van der Waals surface area contributed by atoms with Crippen molar-refractivity contribution in [1.29, 1.82) is 0 Å². The molecule has 30 heavy (non-hydrogen) atoms. The van der Waals surface area contributed by atoms with E-state index < -0.39 is 0 Å². The second kappa shape index (κ2) is 11.0. The van der Waals surface area contributed by atoms with Crippen LogP contribution < -0.4 is 10.1 Å². The van der Waals surface area contributed by atoms with Gasteiger partial charge in [-0.3, -0.25) is 14.4 Å². The standard InChI is InChI=1S/C23H33N3O4/c1-30-20-9-3-2-7-18(20)8-4-13-24-23(29)19-11-12-22(28)26(17-19)16-6-15-25-14-5-10-21(25)27/h2-3,7,9,19H,4-6,8,10-17H2,1H3,(H,24,29)/t19-/m0/s1. The number of ether oxygens (including phenoxy) is 1. The maximum absolute atomic E-state index is 12.6. The first-order valence-electron chi connectivity index (χ1n) is 11.0. The maximum Gasteiger partial charge on any atom is 0.224 e. The van der Waals surface area contributed by atoms with Crippen molar-refractivity contribution in [3.05, 3.63) is 29.8 Å². The molecular formula is C23H33N3O4. The van der Waals surface area contributed by atoms with Crippen LogP contribution in [-0.4, -0.2) is 67.4 Å². The number of carbonyl (C=O) groups is 3. The lowest BCUT2D eigenvalue weighted by atomic mass is 9.96. The van der Waals surface area contributed by atoms with Crippen molar-refractivity contribution in [1.82, 2.24) is 15.1 Å². The van der Waals surface area contributed by atoms with Crippen molar-refractivity contribution >= 4 is 17.7 Å². The first-order valence-corrected chi connectivity index (χ1v) is 11.0. The number of benzene rings is 1. The van der Waals surface area contributed by atoms with E-state index in [0.29, 0.717) is 45.4 Å². The summed E-state index contributed by atoms with van der Waals surface area (Å²) in [7, 11) is 1.67. The van der Waals surface area contributed by atoms with E-state index in [4.69, 9.17) is 4.74 Å². The zero-order chi connectivity index (χ0) is 21.3. The number of para-hydroxylation sites is 1. The third-order valence-electron chi connectivity index (χ3n) is 6.01. The molecule has 7 nitrogen and oxygen atoms in total. The Hall–Kier alpha value is -2.57. The van der Waals surface area contributed by atoms with Crippen LogP contribution in [0.2, 0.25) is 0 Å². The minimum Gasteiger partial charge on any atom is -0.496 e. The van der Waals surface area contributed by atoms with E-state index in [1.165, 1.54) is 0 Å². The first kappa shape index (κ1) is 22.1. The lowest BCUT2D eigenvalue weighted by Crippen LogP contribution is -2.46. The highest BCUT2D eigenvalue weighted by Crippen LogP contribution is 2.20. The van der Waals surface area contributed by atoms with Gasteiger partial charge in [-0.1, -0.05) is 18.2 Å². The Bertz CT molecular complexity index is 752. The van der Waals surface area contributed by atoms with Crippen molar-refractivity contribution in [3.8, 4) is 5.75 Å². The molecule has 3 amide bonds. The molecule has 2 saturated heterocycles. The van der Waals surface area contributed by atoms with Crippen LogP contribution in [-0.2, 0) is 20.8 Å². The van der Waals surface area contributed by atoms with Gasteiger partial charge in [-0.25, -0.2) is 0 Å². The van der Waals surface area contributed by atoms with Gasteiger partial charge >= 0.3 is 0 Å². The Balaban J connectivity index is 1.37. The van der Waals surface area contributed by atoms with E-state index in [1.807, 2.05) is 29.2 Å². The first-order chi connectivity index (χ1) is 14.6. The molecule has 2 heterocycles. The molecule has 2 fully saturated rings. The highest BCUT2D eigenvalue weighted by molar-refractivity contribution is 5.83. The second-order valence-electron chi connectivity index (χ2n) is 8.12. The quantitative estimate of drug-likeness (QED) is 0.593. The molecule has 1 aromatic rings. The number of methoxy groups -OCH3 is 1. The monoisotopic (exact) mass is 415 g/mol. The summed E-state index contributed by atoms with van der Waals surface area (Å²) in [6.07, 6.45) is 5.05. The Morgan fingerprint density at radius 1 is 1.10 bits per heavy atom. The molecule has 1 aromatic carbocycles. The molecule has 3 rings (SSSR count). The third kappa shape index (κ3) is 5.97. The zero-order valence-corrected chi connectivity index (χ0v) is 17.9. The van der Waals surface area contributed by atoms with E-state index in [0.717, 1.165) is 43.5 Å². The highest BCUT2D eigenvalue weighted by Gasteiger charge is 2.30. The molecule has 0 aliphatic carbocycles. The molecule has 0 spiro atoms. The molecule has 0 unspecified atom stereocenters. The predicted octanol–water partition coefficient (Wildman–Crippen LogP) is 2.00. The zero-order valence-electron chi connectivity index (χ0n) is 17.9. The summed E-state index contributed by atoms with van der Waals surface area (Å²) in [4.78, 5) is 40.2. The Kier molecular flexibility index (Phi) is 8.11. The molecule has 7 heteroatoms. The number of hydrogen-bond acceptors (Lipinski definition) is 4. The number of aryl methyl sites for hydroxylation is 1. The molecule has 164 valence electrons. The average molecular weight is 416 g/mol. The van der Waals surface area contributed by atoms with Gasteiger partial charge in [0.1, 0.15) is 5.75 Å². The van der Waals surface area contributed by atoms with Gasteiger partial charge in [-0.2, -0.15) is 0 Å². The fraction of sp³-hybridized carbons (Fsp3) is 0.609. The Morgan fingerprint density at radius 2 is 1.87 bits per heavy atom. The molecular weight excluding hydrogens is 382 g/mol. The molecule has 0 radical (unpaired) electrons. The summed E-state index contributed by atoms with van der Waals surface area (Å²) < 4.78 is 5.36. The number of nitrogens with zero attached hydrogens (tertiary/aromatic N) is 2. The number of likely N-dealkylation sites (tertiary alicyclic amines) is 2. The normalized spacial score (nSPS) is 19.3. The number of rotatable bonds is 10. The van der Waals surface area contributed by atoms with Crippen LogP contribution in [0.5, 0.6) is 5.75 Å². The fourth-order valence-electron chi connectivity index (χ4n) is 4.28. The summed E-state index contributed by atoms with van der Waals surface area (Å²) in [6.45, 7) is 3.22. The van der Waals surface area contributed by atoms with Crippen LogP contribution in [0.4, 0.5) is 0 Å². The van der Waals surface area contributed by atoms with Crippen LogP contribution in [0.25, 0.3) is 0 Å². The molecule has 2 aliphatic heterocycles. The summed E-state index contributed by atoms with van der Waals surface area (Å²) >= 11 is 0. The maximum atomic E-state index is 12.6. The summed E-state index contributed by atoms with van der Waals surface area (Å²) in [5.41, 5.74) is 1.14. The van der Waals surface area contributed by atoms with Crippen LogP contribution in [0, 0.1) is 5.92 Å². The van der Waals surface area contributed by atoms with Gasteiger partial charge in [0.05, 0.1) is 13.0 Å². The van der Waals surface area contributed by atoms with Crippen LogP contribution in [0.15, 0.2) is 24.3 Å². The third-order valence-corrected chi connectivity index (χ3v) is 6.01. The Labute approximate surface area is 178 Å². The van der Waals surface area contributed by atoms with Crippen molar-refractivity contribution in [2.75, 3.05) is 39.8 Å². The van der Waals surface area contributed by atoms with Gasteiger partial charge in [0.25, 0.3) is 0 Å². The van der Waals surface area contributed by atoms with E-state index in [9.17, 15) is 14.4 Å². The minimum atomic E-state index is -0.151. The molecule has 1 atom stereocenters. The minimum absolute atomic E-state index is 0.0299. The van der Waals surface area contributed by atoms with Gasteiger partial charge in [0, 0.05) is 45.6 Å². The molecule has 0 saturated carbocycles. The lowest BCUT2D eigenvalue weighted by molar-refractivity contribution is -0.138. The van der Waals surface area contributed by atoms with E-state index in [1.54, 1.807) is 12.0 Å². The summed E-state index contributed by atoms with van der Waals surface area (Å²) in [5, 5.41) is 3.03. The van der Waals surface area contributed by atoms with Crippen molar-refractivity contribution < 1.29 is 19.1 Å². The highest BCUT2D eigenvalue weighted by atomic mass is 16.5. The van der Waals surface area contributed by atoms with Gasteiger partial charge in [0.15, 0.2) is 0 Å². The van der Waals surface area contributed by atoms with Crippen molar-refractivity contribution in [2.24, 2.45) is 5.92 Å². The van der Waals surface area contributed by atoms with Gasteiger partial charge < -0.3 is 19.9 Å². The Morgan fingerprint density at radius 3 is 2.63 bits per heavy atom. The number of amides is 3. The number of hydrogen-bond donors (Lipinski definition) is 1. The smallest absolute Gasteiger partial charge is 0.224 e. The van der Waals surface area contributed by atoms with E-state index >= 15 is 0 Å². The number of carbonyl (C=O) groups excluding carboxylic acids is 3. The molecule has 0 bridgehead atoms. The fourth-order valence-corrected chi connectivity index (χ4v) is 4.28. The van der Waals surface area contributed by atoms with Gasteiger partial charge in [-0.15, -0.1) is 0 Å². The molecule has 2 aliphatic rings. The van der Waals surface area contributed by atoms with E-state index in [-0.39, 0.29) is 23.6 Å². The summed E-state index contributed by atoms with van der Waals surface area (Å²) in [6, 6.07) is 7.93. The topological polar surface area (TPSA) is 79.0 Å². The average Bonchev–Trinajstić information content (AvgIpc) is 3.17. The largest absolute Gasteiger partial charge is 0.496 e. The van der Waals surface area contributed by atoms with Gasteiger partial charge in [-0.05, 0) is 43.7 Å². The van der Waals surface area contributed by atoms with Crippen LogP contribution in [0.1, 0.15) is 44.1 Å². The predicted molar refractivity (Wildman–Crippen MR) is 114 cm³/mol. The second-order valence-corrected chi connectivity index (χ2v) is 8.12. The van der Waals surface area contributed by atoms with Crippen molar-refractivity contribution in [3.63, 3.8) is 0 Å². The van der Waals surface area contributed by atoms with Crippen LogP contribution in [0.3, 0.4) is 0 Å². The van der Waals surface area contributed by atoms with Crippen LogP contribution >= 0.6 is 0 Å². The summed E-state index contributed by atoms with van der Waals surface area (Å²) in [5.74, 6) is 1.08. The number of nitrogens with one attached hydrogen (secondary N) is 1. The molecule has 0 aromatic heterocycles. The molecule has 1 N–H and O–H groups in total. The lowest BCUT2D eigenvalue weighted by Gasteiger charge is -2.32. The SMILES string of the molecule is COc1ccccc1CCCNC(=O)[C@H]1CCC(=O)N(CCCN2CCCC2=O)C1. The number of piperidine rings is 1.